The fourth-order valence-electron chi connectivity index (χ4n) is 3.60. The summed E-state index contributed by atoms with van der Waals surface area (Å²) in [7, 11) is 0. The van der Waals surface area contributed by atoms with Crippen LogP contribution in [0.25, 0.3) is 0 Å². The molecule has 3 heterocycles. The number of hydrogen-bond donors (Lipinski definition) is 4. The van der Waals surface area contributed by atoms with Crippen LogP contribution in [0.2, 0.25) is 0 Å². The van der Waals surface area contributed by atoms with E-state index in [1.807, 2.05) is 0 Å². The summed E-state index contributed by atoms with van der Waals surface area (Å²) in [5, 5.41) is 21.6. The first-order valence-corrected chi connectivity index (χ1v) is 12.3. The van der Waals surface area contributed by atoms with Gasteiger partial charge in [-0.15, -0.1) is 0 Å². The van der Waals surface area contributed by atoms with Crippen LogP contribution in [0.1, 0.15) is 11.7 Å². The lowest BCUT2D eigenvalue weighted by molar-refractivity contribution is -0.384. The van der Waals surface area contributed by atoms with Gasteiger partial charge in [0.05, 0.1) is 4.92 Å². The minimum Gasteiger partial charge on any atom is -0.447 e. The van der Waals surface area contributed by atoms with E-state index in [1.54, 1.807) is 24.3 Å². The third-order valence-corrected chi connectivity index (χ3v) is 5.53. The van der Waals surface area contributed by atoms with Crippen molar-refractivity contribution in [2.75, 3.05) is 22.6 Å². The van der Waals surface area contributed by atoms with Gasteiger partial charge in [0.15, 0.2) is 6.10 Å². The van der Waals surface area contributed by atoms with E-state index in [4.69, 9.17) is 9.47 Å². The molecule has 15 nitrogen and oxygen atoms in total. The lowest BCUT2D eigenvalue weighted by atomic mass is 10.0. The topological polar surface area (TPSA) is 200 Å². The standard InChI is InChI=1S/C27H24N8O7/c36-25(31-19-5-11-28-12-6-19)34-23(17-41-26(37)32-20-7-13-29-14-8-20)24(18-1-3-22(4-2-18)35(39)40)42-27(38)33-21-9-15-30-16-10-21/h1-16,23-24H,17H2,(H,29,32,37)(H,30,33,38)(H2,28,31,34,36)/t23-,24-/m0/s1. The van der Waals surface area contributed by atoms with Crippen LogP contribution in [0.5, 0.6) is 0 Å². The van der Waals surface area contributed by atoms with Gasteiger partial charge in [-0.1, -0.05) is 0 Å². The van der Waals surface area contributed by atoms with Crippen molar-refractivity contribution < 1.29 is 28.8 Å². The molecule has 214 valence electrons. The molecule has 0 fully saturated rings. The summed E-state index contributed by atoms with van der Waals surface area (Å²) in [4.78, 5) is 60.7. The van der Waals surface area contributed by atoms with Crippen LogP contribution in [0.3, 0.4) is 0 Å². The predicted molar refractivity (Wildman–Crippen MR) is 150 cm³/mol. The number of nitro benzene ring substituents is 1. The highest BCUT2D eigenvalue weighted by molar-refractivity contribution is 5.89. The molecule has 0 radical (unpaired) electrons. The number of carbonyl (C=O) groups excluding carboxylic acids is 3. The van der Waals surface area contributed by atoms with Gasteiger partial charge < -0.3 is 20.1 Å². The Kier molecular flexibility index (Phi) is 9.84. The van der Waals surface area contributed by atoms with Crippen LogP contribution in [-0.4, -0.2) is 50.7 Å². The van der Waals surface area contributed by atoms with Gasteiger partial charge in [0.2, 0.25) is 0 Å². The van der Waals surface area contributed by atoms with Gasteiger partial charge >= 0.3 is 18.2 Å². The zero-order valence-corrected chi connectivity index (χ0v) is 21.7. The second-order valence-corrected chi connectivity index (χ2v) is 8.44. The van der Waals surface area contributed by atoms with Crippen molar-refractivity contribution >= 4 is 41.0 Å². The Balaban J connectivity index is 1.59. The molecular weight excluding hydrogens is 548 g/mol. The summed E-state index contributed by atoms with van der Waals surface area (Å²) in [5.74, 6) is 0. The normalized spacial score (nSPS) is 11.7. The molecule has 0 aliphatic rings. The SMILES string of the molecule is O=C(Nc1ccncc1)N[C@@H](COC(=O)Nc1ccncc1)[C@@H](OC(=O)Nc1ccncc1)c1ccc([N+](=O)[O-])cc1. The number of nitrogens with zero attached hydrogens (tertiary/aromatic N) is 4. The molecule has 15 heteroatoms. The Morgan fingerprint density at radius 3 is 1.69 bits per heavy atom. The summed E-state index contributed by atoms with van der Waals surface area (Å²) in [5.41, 5.74) is 1.28. The van der Waals surface area contributed by atoms with Crippen LogP contribution in [0.15, 0.2) is 97.8 Å². The number of ether oxygens (including phenoxy) is 2. The minimum atomic E-state index is -1.27. The maximum Gasteiger partial charge on any atom is 0.412 e. The number of aromatic nitrogens is 3. The lowest BCUT2D eigenvalue weighted by Crippen LogP contribution is -2.46. The van der Waals surface area contributed by atoms with E-state index in [0.717, 1.165) is 0 Å². The zero-order chi connectivity index (χ0) is 29.7. The molecule has 0 saturated heterocycles. The molecule has 4 rings (SSSR count). The van der Waals surface area contributed by atoms with E-state index in [0.29, 0.717) is 17.1 Å². The van der Waals surface area contributed by atoms with E-state index in [2.05, 4.69) is 36.2 Å². The number of nitrogens with one attached hydrogen (secondary N) is 4. The van der Waals surface area contributed by atoms with Crippen molar-refractivity contribution in [2.45, 2.75) is 12.1 Å². The summed E-state index contributed by atoms with van der Waals surface area (Å²) in [6.45, 7) is -0.467. The van der Waals surface area contributed by atoms with E-state index in [9.17, 15) is 24.5 Å². The van der Waals surface area contributed by atoms with Crippen LogP contribution < -0.4 is 21.3 Å². The van der Waals surface area contributed by atoms with Gasteiger partial charge in [0.25, 0.3) is 5.69 Å². The molecule has 0 saturated carbocycles. The number of non-ortho nitro benzene ring substituents is 1. The molecule has 4 N–H and O–H groups in total. The molecule has 1 aromatic carbocycles. The monoisotopic (exact) mass is 572 g/mol. The molecule has 3 aromatic heterocycles. The van der Waals surface area contributed by atoms with Crippen molar-refractivity contribution in [3.63, 3.8) is 0 Å². The number of hydrogen-bond acceptors (Lipinski definition) is 10. The largest absolute Gasteiger partial charge is 0.447 e. The summed E-state index contributed by atoms with van der Waals surface area (Å²) in [6, 6.07) is 12.6. The van der Waals surface area contributed by atoms with Crippen LogP contribution in [-0.2, 0) is 9.47 Å². The van der Waals surface area contributed by atoms with Crippen molar-refractivity contribution in [3.8, 4) is 0 Å². The minimum absolute atomic E-state index is 0.202. The first kappa shape index (κ1) is 28.9. The molecule has 0 aliphatic heterocycles. The Morgan fingerprint density at radius 1 is 0.714 bits per heavy atom. The number of carbonyl (C=O) groups is 3. The predicted octanol–water partition coefficient (Wildman–Crippen LogP) is 4.51. The fraction of sp³-hybridized carbons (Fsp3) is 0.111. The van der Waals surface area contributed by atoms with Crippen molar-refractivity contribution in [1.82, 2.24) is 20.3 Å². The smallest absolute Gasteiger partial charge is 0.412 e. The molecule has 0 unspecified atom stereocenters. The Hall–Kier alpha value is -6.12. The summed E-state index contributed by atoms with van der Waals surface area (Å²) >= 11 is 0. The van der Waals surface area contributed by atoms with Crippen LogP contribution in [0.4, 0.5) is 37.1 Å². The molecule has 0 aliphatic carbocycles. The van der Waals surface area contributed by atoms with Gasteiger partial charge in [-0.05, 0) is 54.1 Å². The number of rotatable bonds is 10. The maximum absolute atomic E-state index is 13.0. The van der Waals surface area contributed by atoms with Gasteiger partial charge in [0.1, 0.15) is 12.6 Å². The fourth-order valence-corrected chi connectivity index (χ4v) is 3.60. The van der Waals surface area contributed by atoms with Crippen molar-refractivity contribution in [1.29, 1.82) is 0 Å². The van der Waals surface area contributed by atoms with Gasteiger partial charge in [-0.2, -0.15) is 0 Å². The number of pyridine rings is 3. The second-order valence-electron chi connectivity index (χ2n) is 8.44. The quantitative estimate of drug-likeness (QED) is 0.155. The van der Waals surface area contributed by atoms with E-state index >= 15 is 0 Å². The summed E-state index contributed by atoms with van der Waals surface area (Å²) < 4.78 is 11.1. The van der Waals surface area contributed by atoms with Gasteiger partial charge in [-0.3, -0.25) is 35.7 Å². The third-order valence-electron chi connectivity index (χ3n) is 5.53. The highest BCUT2D eigenvalue weighted by Crippen LogP contribution is 2.26. The van der Waals surface area contributed by atoms with E-state index < -0.39 is 41.9 Å². The molecular formula is C27H24N8O7. The number of amides is 4. The van der Waals surface area contributed by atoms with E-state index in [-0.39, 0.29) is 11.3 Å². The first-order valence-electron chi connectivity index (χ1n) is 12.3. The second kappa shape index (κ2) is 14.3. The van der Waals surface area contributed by atoms with Gasteiger partial charge in [-0.25, -0.2) is 14.4 Å². The molecule has 0 spiro atoms. The van der Waals surface area contributed by atoms with Crippen LogP contribution >= 0.6 is 0 Å². The first-order chi connectivity index (χ1) is 20.4. The average Bonchev–Trinajstić information content (AvgIpc) is 3.00. The molecule has 0 bridgehead atoms. The Morgan fingerprint density at radius 2 is 1.19 bits per heavy atom. The number of anilines is 3. The van der Waals surface area contributed by atoms with Crippen LogP contribution in [0, 0.1) is 10.1 Å². The van der Waals surface area contributed by atoms with E-state index in [1.165, 1.54) is 73.6 Å². The lowest BCUT2D eigenvalue weighted by Gasteiger charge is -2.28. The molecule has 4 amide bonds. The zero-order valence-electron chi connectivity index (χ0n) is 21.7. The van der Waals surface area contributed by atoms with Crippen molar-refractivity contribution in [2.24, 2.45) is 0 Å². The third kappa shape index (κ3) is 8.70. The van der Waals surface area contributed by atoms with Gasteiger partial charge in [0, 0.05) is 66.4 Å². The molecule has 4 aromatic rings. The van der Waals surface area contributed by atoms with Crippen molar-refractivity contribution in [3.05, 3.63) is 114 Å². The number of benzene rings is 1. The maximum atomic E-state index is 13.0. The number of nitro groups is 1. The summed E-state index contributed by atoms with van der Waals surface area (Å²) in [6.07, 6.45) is 5.80. The molecule has 2 atom stereocenters. The molecule has 42 heavy (non-hydrogen) atoms. The number of urea groups is 1. The highest BCUT2D eigenvalue weighted by atomic mass is 16.6. The highest BCUT2D eigenvalue weighted by Gasteiger charge is 2.31. The Labute approximate surface area is 238 Å². The average molecular weight is 573 g/mol. The Bertz CT molecular complexity index is 1490.